The number of amides is 1. The number of benzene rings is 1. The van der Waals surface area contributed by atoms with Crippen LogP contribution in [0.15, 0.2) is 18.2 Å². The van der Waals surface area contributed by atoms with Crippen LogP contribution in [0.5, 0.6) is 0 Å². The topological polar surface area (TPSA) is 84.3 Å². The summed E-state index contributed by atoms with van der Waals surface area (Å²) in [7, 11) is 0. The molecular formula is C12H15ClFN3O3. The highest BCUT2D eigenvalue weighted by Gasteiger charge is 2.23. The maximum Gasteiger partial charge on any atom is 0.285 e. The van der Waals surface area contributed by atoms with Crippen molar-refractivity contribution in [2.24, 2.45) is 0 Å². The molecule has 1 atom stereocenters. The standard InChI is InChI=1S/C12H14FN3O3.ClH/c13-8-3-4-10(11(6-8)16(18)19)12(17)15-9-2-1-5-14-7-9;/h3-4,6,9,14H,1-2,5,7H2,(H,15,17);1H. The summed E-state index contributed by atoms with van der Waals surface area (Å²) in [5, 5.41) is 16.7. The summed E-state index contributed by atoms with van der Waals surface area (Å²) in [6.45, 7) is 1.55. The van der Waals surface area contributed by atoms with Crippen molar-refractivity contribution in [3.05, 3.63) is 39.7 Å². The summed E-state index contributed by atoms with van der Waals surface area (Å²) in [5.74, 6) is -1.28. The molecular weight excluding hydrogens is 289 g/mol. The Morgan fingerprint density at radius 3 is 2.85 bits per heavy atom. The van der Waals surface area contributed by atoms with Crippen LogP contribution in [0.3, 0.4) is 0 Å². The van der Waals surface area contributed by atoms with Crippen molar-refractivity contribution < 1.29 is 14.1 Å². The zero-order valence-corrected chi connectivity index (χ0v) is 11.4. The molecule has 1 aromatic rings. The van der Waals surface area contributed by atoms with Crippen LogP contribution in [-0.2, 0) is 0 Å². The summed E-state index contributed by atoms with van der Waals surface area (Å²) < 4.78 is 13.0. The molecule has 1 fully saturated rings. The lowest BCUT2D eigenvalue weighted by atomic mass is 10.1. The summed E-state index contributed by atoms with van der Waals surface area (Å²) in [6, 6.07) is 2.89. The molecule has 2 N–H and O–H groups in total. The van der Waals surface area contributed by atoms with Gasteiger partial charge in [0.25, 0.3) is 11.6 Å². The van der Waals surface area contributed by atoms with Crippen LogP contribution >= 0.6 is 12.4 Å². The molecule has 0 bridgehead atoms. The smallest absolute Gasteiger partial charge is 0.285 e. The van der Waals surface area contributed by atoms with E-state index in [1.807, 2.05) is 0 Å². The highest BCUT2D eigenvalue weighted by Crippen LogP contribution is 2.20. The Morgan fingerprint density at radius 1 is 1.50 bits per heavy atom. The minimum Gasteiger partial charge on any atom is -0.348 e. The molecule has 1 saturated heterocycles. The number of halogens is 2. The largest absolute Gasteiger partial charge is 0.348 e. The second kappa shape index (κ2) is 7.16. The highest BCUT2D eigenvalue weighted by atomic mass is 35.5. The predicted molar refractivity (Wildman–Crippen MR) is 73.7 cm³/mol. The average Bonchev–Trinajstić information content (AvgIpc) is 2.39. The fourth-order valence-corrected chi connectivity index (χ4v) is 2.09. The molecule has 0 radical (unpaired) electrons. The van der Waals surface area contributed by atoms with E-state index in [-0.39, 0.29) is 24.0 Å². The number of piperidine rings is 1. The van der Waals surface area contributed by atoms with Gasteiger partial charge in [-0.15, -0.1) is 12.4 Å². The minimum atomic E-state index is -0.753. The first-order chi connectivity index (χ1) is 9.08. The van der Waals surface area contributed by atoms with Crippen molar-refractivity contribution in [3.8, 4) is 0 Å². The monoisotopic (exact) mass is 303 g/mol. The van der Waals surface area contributed by atoms with Crippen LogP contribution < -0.4 is 10.6 Å². The van der Waals surface area contributed by atoms with Gasteiger partial charge in [0.05, 0.1) is 11.0 Å². The summed E-state index contributed by atoms with van der Waals surface area (Å²) in [4.78, 5) is 22.0. The van der Waals surface area contributed by atoms with Gasteiger partial charge in [0.15, 0.2) is 0 Å². The van der Waals surface area contributed by atoms with Crippen LogP contribution in [-0.4, -0.2) is 30.0 Å². The Labute approximate surface area is 121 Å². The number of nitrogens with one attached hydrogen (secondary N) is 2. The number of nitro groups is 1. The molecule has 8 heteroatoms. The van der Waals surface area contributed by atoms with Gasteiger partial charge < -0.3 is 10.6 Å². The average molecular weight is 304 g/mol. The van der Waals surface area contributed by atoms with E-state index >= 15 is 0 Å². The third kappa shape index (κ3) is 3.88. The van der Waals surface area contributed by atoms with E-state index in [2.05, 4.69) is 10.6 Å². The molecule has 1 unspecified atom stereocenters. The van der Waals surface area contributed by atoms with E-state index < -0.39 is 22.3 Å². The zero-order valence-electron chi connectivity index (χ0n) is 10.6. The third-order valence-corrected chi connectivity index (χ3v) is 3.03. The molecule has 0 spiro atoms. The summed E-state index contributed by atoms with van der Waals surface area (Å²) >= 11 is 0. The second-order valence-corrected chi connectivity index (χ2v) is 4.44. The van der Waals surface area contributed by atoms with E-state index in [0.29, 0.717) is 6.54 Å². The molecule has 0 aromatic heterocycles. The van der Waals surface area contributed by atoms with Crippen molar-refractivity contribution in [3.63, 3.8) is 0 Å². The maximum atomic E-state index is 13.0. The molecule has 1 aliphatic heterocycles. The highest BCUT2D eigenvalue weighted by molar-refractivity contribution is 5.98. The molecule has 110 valence electrons. The Kier molecular flexibility index (Phi) is 5.84. The van der Waals surface area contributed by atoms with E-state index in [0.717, 1.165) is 37.6 Å². The van der Waals surface area contributed by atoms with Gasteiger partial charge in [-0.05, 0) is 31.5 Å². The van der Waals surface area contributed by atoms with E-state index in [1.54, 1.807) is 0 Å². The van der Waals surface area contributed by atoms with Crippen LogP contribution in [0, 0.1) is 15.9 Å². The Bertz CT molecular complexity index is 507. The number of hydrogen-bond donors (Lipinski definition) is 2. The first-order valence-electron chi connectivity index (χ1n) is 6.03. The van der Waals surface area contributed by atoms with Crippen molar-refractivity contribution in [1.82, 2.24) is 10.6 Å². The fourth-order valence-electron chi connectivity index (χ4n) is 2.09. The second-order valence-electron chi connectivity index (χ2n) is 4.44. The number of carbonyl (C=O) groups is 1. The van der Waals surface area contributed by atoms with Gasteiger partial charge in [-0.1, -0.05) is 0 Å². The Hall–Kier alpha value is -1.73. The molecule has 1 amide bonds. The quantitative estimate of drug-likeness (QED) is 0.657. The lowest BCUT2D eigenvalue weighted by molar-refractivity contribution is -0.385. The maximum absolute atomic E-state index is 13.0. The number of carbonyl (C=O) groups excluding carboxylic acids is 1. The summed E-state index contributed by atoms with van der Waals surface area (Å²) in [5.41, 5.74) is -0.627. The fraction of sp³-hybridized carbons (Fsp3) is 0.417. The molecule has 0 aliphatic carbocycles. The zero-order chi connectivity index (χ0) is 13.8. The molecule has 6 nitrogen and oxygen atoms in total. The SMILES string of the molecule is Cl.O=C(NC1CCCNC1)c1ccc(F)cc1[N+](=O)[O-]. The van der Waals surface area contributed by atoms with Gasteiger partial charge in [0, 0.05) is 12.6 Å². The predicted octanol–water partition coefficient (Wildman–Crippen LogP) is 1.64. The van der Waals surface area contributed by atoms with Crippen LogP contribution in [0.2, 0.25) is 0 Å². The van der Waals surface area contributed by atoms with Gasteiger partial charge in [0.2, 0.25) is 0 Å². The van der Waals surface area contributed by atoms with Crippen molar-refractivity contribution in [2.75, 3.05) is 13.1 Å². The van der Waals surface area contributed by atoms with E-state index in [9.17, 15) is 19.3 Å². The van der Waals surface area contributed by atoms with E-state index in [1.165, 1.54) is 0 Å². The lowest BCUT2D eigenvalue weighted by Crippen LogP contribution is -2.45. The number of rotatable bonds is 3. The lowest BCUT2D eigenvalue weighted by Gasteiger charge is -2.23. The van der Waals surface area contributed by atoms with Crippen LogP contribution in [0.4, 0.5) is 10.1 Å². The number of nitro benzene ring substituents is 1. The van der Waals surface area contributed by atoms with Gasteiger partial charge in [-0.25, -0.2) is 4.39 Å². The summed E-state index contributed by atoms with van der Waals surface area (Å²) in [6.07, 6.45) is 1.77. The molecule has 1 aromatic carbocycles. The number of nitrogens with zero attached hydrogens (tertiary/aromatic N) is 1. The third-order valence-electron chi connectivity index (χ3n) is 3.03. The van der Waals surface area contributed by atoms with Crippen molar-refractivity contribution in [2.45, 2.75) is 18.9 Å². The van der Waals surface area contributed by atoms with Crippen LogP contribution in [0.1, 0.15) is 23.2 Å². The minimum absolute atomic E-state index is 0. The van der Waals surface area contributed by atoms with Gasteiger partial charge >= 0.3 is 0 Å². The number of hydrogen-bond acceptors (Lipinski definition) is 4. The van der Waals surface area contributed by atoms with Crippen molar-refractivity contribution >= 4 is 24.0 Å². The van der Waals surface area contributed by atoms with Gasteiger partial charge in [0.1, 0.15) is 11.4 Å². The molecule has 2 rings (SSSR count). The van der Waals surface area contributed by atoms with Gasteiger partial charge in [-0.3, -0.25) is 14.9 Å². The molecule has 20 heavy (non-hydrogen) atoms. The van der Waals surface area contributed by atoms with E-state index in [4.69, 9.17) is 0 Å². The van der Waals surface area contributed by atoms with Crippen molar-refractivity contribution in [1.29, 1.82) is 0 Å². The Morgan fingerprint density at radius 2 is 2.25 bits per heavy atom. The van der Waals surface area contributed by atoms with Crippen LogP contribution in [0.25, 0.3) is 0 Å². The molecule has 0 saturated carbocycles. The van der Waals surface area contributed by atoms with Gasteiger partial charge in [-0.2, -0.15) is 0 Å². The Balaban J connectivity index is 0.00000200. The first-order valence-corrected chi connectivity index (χ1v) is 6.03. The normalized spacial score (nSPS) is 17.9. The first kappa shape index (κ1) is 16.3. The molecule has 1 aliphatic rings. The molecule has 1 heterocycles.